The summed E-state index contributed by atoms with van der Waals surface area (Å²) >= 11 is 0. The second-order valence-corrected chi connectivity index (χ2v) is 3.56. The van der Waals surface area contributed by atoms with Crippen LogP contribution in [0.4, 0.5) is 0 Å². The van der Waals surface area contributed by atoms with Gasteiger partial charge in [0.05, 0.1) is 7.11 Å². The SMILES string of the molecule is COC(=O)C(=[N+]=[N-])C(=O)N1CC(C)CC1=O. The van der Waals surface area contributed by atoms with Gasteiger partial charge in [-0.1, -0.05) is 6.92 Å². The topological polar surface area (TPSA) is 100 Å². The fraction of sp³-hybridized carbons (Fsp3) is 0.556. The van der Waals surface area contributed by atoms with Crippen molar-refractivity contribution >= 4 is 23.5 Å². The van der Waals surface area contributed by atoms with E-state index in [0.29, 0.717) is 0 Å². The van der Waals surface area contributed by atoms with Gasteiger partial charge in [0.15, 0.2) is 0 Å². The van der Waals surface area contributed by atoms with E-state index in [1.165, 1.54) is 0 Å². The predicted octanol–water partition coefficient (Wildman–Crippen LogP) is -0.775. The second kappa shape index (κ2) is 4.67. The van der Waals surface area contributed by atoms with Gasteiger partial charge in [0.2, 0.25) is 5.91 Å². The van der Waals surface area contributed by atoms with E-state index in [-0.39, 0.29) is 24.8 Å². The molecule has 0 N–H and O–H groups in total. The summed E-state index contributed by atoms with van der Waals surface area (Å²) in [5.41, 5.74) is 7.75. The van der Waals surface area contributed by atoms with Crippen LogP contribution in [-0.4, -0.2) is 46.8 Å². The van der Waals surface area contributed by atoms with Crippen LogP contribution in [0, 0.1) is 5.92 Å². The van der Waals surface area contributed by atoms with Gasteiger partial charge in [-0.3, -0.25) is 14.5 Å². The Morgan fingerprint density at radius 3 is 2.56 bits per heavy atom. The highest BCUT2D eigenvalue weighted by molar-refractivity contribution is 6.62. The average molecular weight is 225 g/mol. The van der Waals surface area contributed by atoms with E-state index in [1.807, 2.05) is 0 Å². The lowest BCUT2D eigenvalue weighted by atomic mass is 10.2. The Labute approximate surface area is 91.6 Å². The van der Waals surface area contributed by atoms with E-state index in [2.05, 4.69) is 9.53 Å². The smallest absolute Gasteiger partial charge is 0.460 e. The van der Waals surface area contributed by atoms with Crippen LogP contribution in [-0.2, 0) is 19.1 Å². The largest absolute Gasteiger partial charge is 0.463 e. The summed E-state index contributed by atoms with van der Waals surface area (Å²) in [4.78, 5) is 37.5. The highest BCUT2D eigenvalue weighted by Gasteiger charge is 2.41. The summed E-state index contributed by atoms with van der Waals surface area (Å²) in [6, 6.07) is 0. The quantitative estimate of drug-likeness (QED) is 0.202. The predicted molar refractivity (Wildman–Crippen MR) is 51.1 cm³/mol. The van der Waals surface area contributed by atoms with Crippen molar-refractivity contribution in [1.82, 2.24) is 4.90 Å². The van der Waals surface area contributed by atoms with Crippen LogP contribution >= 0.6 is 0 Å². The summed E-state index contributed by atoms with van der Waals surface area (Å²) in [5, 5.41) is 0. The molecule has 0 aromatic heterocycles. The molecule has 7 heteroatoms. The zero-order chi connectivity index (χ0) is 12.3. The molecule has 0 aromatic carbocycles. The molecule has 1 rings (SSSR count). The van der Waals surface area contributed by atoms with Gasteiger partial charge in [0.25, 0.3) is 0 Å². The Morgan fingerprint density at radius 1 is 1.56 bits per heavy atom. The molecule has 1 unspecified atom stereocenters. The first-order chi connectivity index (χ1) is 7.51. The summed E-state index contributed by atoms with van der Waals surface area (Å²) in [6.07, 6.45) is 0.242. The Kier molecular flexibility index (Phi) is 3.52. The molecule has 7 nitrogen and oxygen atoms in total. The molecule has 0 saturated carbocycles. The molecular weight excluding hydrogens is 214 g/mol. The molecule has 0 bridgehead atoms. The lowest BCUT2D eigenvalue weighted by molar-refractivity contribution is -0.145. The maximum atomic E-state index is 11.6. The molecule has 0 radical (unpaired) electrons. The van der Waals surface area contributed by atoms with Gasteiger partial charge < -0.3 is 10.3 Å². The first kappa shape index (κ1) is 12.1. The number of nitrogens with zero attached hydrogens (tertiary/aromatic N) is 3. The maximum Gasteiger partial charge on any atom is 0.463 e. The number of imide groups is 1. The van der Waals surface area contributed by atoms with E-state index in [0.717, 1.165) is 12.0 Å². The average Bonchev–Trinajstić information content (AvgIpc) is 2.58. The van der Waals surface area contributed by atoms with Gasteiger partial charge in [0, 0.05) is 13.0 Å². The Morgan fingerprint density at radius 2 is 2.19 bits per heavy atom. The van der Waals surface area contributed by atoms with Crippen LogP contribution in [0.3, 0.4) is 0 Å². The molecule has 0 spiro atoms. The minimum atomic E-state index is -1.07. The minimum Gasteiger partial charge on any atom is -0.460 e. The van der Waals surface area contributed by atoms with E-state index >= 15 is 0 Å². The van der Waals surface area contributed by atoms with Crippen LogP contribution in [0.2, 0.25) is 0 Å². The third-order valence-electron chi connectivity index (χ3n) is 2.24. The molecule has 86 valence electrons. The number of hydrogen-bond donors (Lipinski definition) is 0. The molecule has 0 aromatic rings. The van der Waals surface area contributed by atoms with Crippen LogP contribution in [0.5, 0.6) is 0 Å². The summed E-state index contributed by atoms with van der Waals surface area (Å²) < 4.78 is 4.26. The normalized spacial score (nSPS) is 19.2. The van der Waals surface area contributed by atoms with E-state index in [1.54, 1.807) is 6.92 Å². The van der Waals surface area contributed by atoms with Crippen molar-refractivity contribution in [3.8, 4) is 0 Å². The van der Waals surface area contributed by atoms with E-state index < -0.39 is 17.6 Å². The van der Waals surface area contributed by atoms with Gasteiger partial charge in [0.1, 0.15) is 0 Å². The minimum absolute atomic E-state index is 0.0361. The Balaban J connectivity index is 2.90. The van der Waals surface area contributed by atoms with Crippen molar-refractivity contribution in [2.45, 2.75) is 13.3 Å². The fourth-order valence-corrected chi connectivity index (χ4v) is 1.48. The van der Waals surface area contributed by atoms with Crippen molar-refractivity contribution in [2.75, 3.05) is 13.7 Å². The molecule has 1 saturated heterocycles. The molecule has 1 atom stereocenters. The molecular formula is C9H11N3O4. The number of likely N-dealkylation sites (tertiary alicyclic amines) is 1. The molecule has 1 fully saturated rings. The number of hydrogen-bond acceptors (Lipinski definition) is 4. The molecule has 2 amide bonds. The fourth-order valence-electron chi connectivity index (χ4n) is 1.48. The van der Waals surface area contributed by atoms with Crippen LogP contribution in [0.1, 0.15) is 13.3 Å². The van der Waals surface area contributed by atoms with Gasteiger partial charge in [-0.25, -0.2) is 4.79 Å². The number of carbonyl (C=O) groups excluding carboxylic acids is 3. The molecule has 1 aliphatic rings. The highest BCUT2D eigenvalue weighted by atomic mass is 16.5. The number of amides is 2. The molecule has 1 heterocycles. The van der Waals surface area contributed by atoms with Crippen LogP contribution < -0.4 is 0 Å². The third-order valence-corrected chi connectivity index (χ3v) is 2.24. The van der Waals surface area contributed by atoms with Crippen molar-refractivity contribution < 1.29 is 23.9 Å². The monoisotopic (exact) mass is 225 g/mol. The van der Waals surface area contributed by atoms with Crippen molar-refractivity contribution in [1.29, 1.82) is 0 Å². The second-order valence-electron chi connectivity index (χ2n) is 3.56. The van der Waals surface area contributed by atoms with Crippen molar-refractivity contribution in [2.24, 2.45) is 5.92 Å². The Bertz CT molecular complexity index is 398. The van der Waals surface area contributed by atoms with Gasteiger partial charge in [-0.05, 0) is 5.92 Å². The number of ether oxygens (including phenoxy) is 1. The number of carbonyl (C=O) groups is 3. The summed E-state index contributed by atoms with van der Waals surface area (Å²) in [6.45, 7) is 2.02. The third kappa shape index (κ3) is 2.14. The molecule has 16 heavy (non-hydrogen) atoms. The van der Waals surface area contributed by atoms with Crippen molar-refractivity contribution in [3.63, 3.8) is 0 Å². The number of rotatable bonds is 2. The van der Waals surface area contributed by atoms with Gasteiger partial charge >= 0.3 is 17.6 Å². The lowest BCUT2D eigenvalue weighted by Gasteiger charge is -2.09. The first-order valence-corrected chi connectivity index (χ1v) is 4.66. The van der Waals surface area contributed by atoms with Crippen molar-refractivity contribution in [3.05, 3.63) is 5.53 Å². The van der Waals surface area contributed by atoms with E-state index in [9.17, 15) is 14.4 Å². The molecule has 0 aliphatic carbocycles. The number of esters is 1. The van der Waals surface area contributed by atoms with Crippen LogP contribution in [0.25, 0.3) is 5.53 Å². The summed E-state index contributed by atoms with van der Waals surface area (Å²) in [7, 11) is 1.05. The zero-order valence-corrected chi connectivity index (χ0v) is 8.97. The maximum absolute atomic E-state index is 11.6. The van der Waals surface area contributed by atoms with Gasteiger partial charge in [-0.15, -0.1) is 0 Å². The Hall–Kier alpha value is -2.01. The first-order valence-electron chi connectivity index (χ1n) is 4.66. The lowest BCUT2D eigenvalue weighted by Crippen LogP contribution is -2.41. The molecule has 1 aliphatic heterocycles. The standard InChI is InChI=1S/C9H11N3O4/c1-5-3-6(13)12(4-5)8(14)7(11-10)9(15)16-2/h5H,3-4H2,1-2H3. The summed E-state index contributed by atoms with van der Waals surface area (Å²) in [5.74, 6) is -2.35. The van der Waals surface area contributed by atoms with E-state index in [4.69, 9.17) is 5.53 Å². The van der Waals surface area contributed by atoms with Gasteiger partial charge in [-0.2, -0.15) is 4.79 Å². The van der Waals surface area contributed by atoms with Crippen LogP contribution in [0.15, 0.2) is 0 Å². The number of methoxy groups -OCH3 is 1. The highest BCUT2D eigenvalue weighted by Crippen LogP contribution is 2.16. The zero-order valence-electron chi connectivity index (χ0n) is 8.97.